The summed E-state index contributed by atoms with van der Waals surface area (Å²) in [6.45, 7) is 5.12. The number of rotatable bonds is 8. The lowest BCUT2D eigenvalue weighted by Crippen LogP contribution is -2.45. The molecule has 6 heteroatoms. The first-order chi connectivity index (χ1) is 12.1. The molecule has 2 rings (SSSR count). The van der Waals surface area contributed by atoms with Crippen molar-refractivity contribution in [1.82, 2.24) is 4.90 Å². The number of carbonyl (C=O) groups is 2. The van der Waals surface area contributed by atoms with Crippen LogP contribution in [0, 0.1) is 0 Å². The number of unbranched alkanes of at least 4 members (excludes halogenated alkanes) is 1. The molecule has 0 radical (unpaired) electrons. The van der Waals surface area contributed by atoms with E-state index < -0.39 is 5.60 Å². The predicted molar refractivity (Wildman–Crippen MR) is 103 cm³/mol. The number of halogens is 1. The van der Waals surface area contributed by atoms with Crippen molar-refractivity contribution in [3.8, 4) is 0 Å². The van der Waals surface area contributed by atoms with Crippen LogP contribution >= 0.6 is 12.4 Å². The van der Waals surface area contributed by atoms with Crippen LogP contribution in [0.2, 0.25) is 0 Å². The van der Waals surface area contributed by atoms with Crippen molar-refractivity contribution >= 4 is 24.3 Å². The zero-order chi connectivity index (χ0) is 18.1. The molecular weight excluding hydrogens is 354 g/mol. The van der Waals surface area contributed by atoms with Gasteiger partial charge in [-0.15, -0.1) is 12.4 Å². The van der Waals surface area contributed by atoms with Gasteiger partial charge in [-0.2, -0.15) is 0 Å². The molecule has 0 N–H and O–H groups in total. The number of nitrogens with zero attached hydrogens (tertiary/aromatic N) is 1. The van der Waals surface area contributed by atoms with Crippen molar-refractivity contribution < 1.29 is 19.1 Å². The molecule has 1 heterocycles. The molecule has 146 valence electrons. The highest BCUT2D eigenvalue weighted by atomic mass is 35.5. The maximum absolute atomic E-state index is 12.3. The van der Waals surface area contributed by atoms with Crippen LogP contribution in [-0.2, 0) is 24.7 Å². The fraction of sp³-hybridized carbons (Fsp3) is 0.600. The van der Waals surface area contributed by atoms with Crippen LogP contribution < -0.4 is 0 Å². The van der Waals surface area contributed by atoms with E-state index in [9.17, 15) is 9.59 Å². The van der Waals surface area contributed by atoms with Gasteiger partial charge in [0.15, 0.2) is 0 Å². The highest BCUT2D eigenvalue weighted by Crippen LogP contribution is 2.37. The van der Waals surface area contributed by atoms with Gasteiger partial charge in [-0.05, 0) is 18.5 Å². The summed E-state index contributed by atoms with van der Waals surface area (Å²) in [7, 11) is 1.32. The molecule has 26 heavy (non-hydrogen) atoms. The first-order valence-electron chi connectivity index (χ1n) is 9.16. The minimum Gasteiger partial charge on any atom is -0.469 e. The summed E-state index contributed by atoms with van der Waals surface area (Å²) in [6, 6.07) is 9.96. The van der Waals surface area contributed by atoms with E-state index in [1.807, 2.05) is 30.3 Å². The highest BCUT2D eigenvalue weighted by Gasteiger charge is 2.39. The van der Waals surface area contributed by atoms with Gasteiger partial charge in [0.2, 0.25) is 0 Å². The van der Waals surface area contributed by atoms with E-state index >= 15 is 0 Å². The minimum atomic E-state index is -0.586. The Hall–Kier alpha value is -1.59. The molecule has 5 nitrogen and oxygen atoms in total. The van der Waals surface area contributed by atoms with Crippen LogP contribution in [0.4, 0.5) is 0 Å². The molecule has 1 aliphatic rings. The standard InChI is InChI=1S/C20H29NO4.ClH/c1-3-4-14-21-15-12-20(13-16-21,17-8-6-5-7-9-17)25-19(23)11-10-18(22)24-2;/h5-9H,3-4,10-16H2,1-2H3;1H. The second-order valence-electron chi connectivity index (χ2n) is 6.61. The topological polar surface area (TPSA) is 55.8 Å². The largest absolute Gasteiger partial charge is 0.469 e. The van der Waals surface area contributed by atoms with Gasteiger partial charge in [-0.1, -0.05) is 43.7 Å². The van der Waals surface area contributed by atoms with Gasteiger partial charge >= 0.3 is 11.9 Å². The molecule has 1 aromatic carbocycles. The number of benzene rings is 1. The molecule has 0 atom stereocenters. The molecular formula is C20H30ClNO4. The smallest absolute Gasteiger partial charge is 0.307 e. The SMILES string of the molecule is CCCCN1CCC(OC(=O)CCC(=O)OC)(c2ccccc2)CC1.Cl. The Morgan fingerprint density at radius 1 is 1.08 bits per heavy atom. The van der Waals surface area contributed by atoms with Gasteiger partial charge in [0.05, 0.1) is 20.0 Å². The summed E-state index contributed by atoms with van der Waals surface area (Å²) in [5.74, 6) is -0.726. The van der Waals surface area contributed by atoms with Gasteiger partial charge in [0.1, 0.15) is 5.60 Å². The number of carbonyl (C=O) groups excluding carboxylic acids is 2. The first kappa shape index (κ1) is 22.5. The Morgan fingerprint density at radius 2 is 1.69 bits per heavy atom. The van der Waals surface area contributed by atoms with Crippen LogP contribution in [0.3, 0.4) is 0 Å². The molecule has 0 bridgehead atoms. The lowest BCUT2D eigenvalue weighted by Gasteiger charge is -2.41. The fourth-order valence-corrected chi connectivity index (χ4v) is 3.29. The maximum atomic E-state index is 12.3. The summed E-state index contributed by atoms with van der Waals surface area (Å²) in [5.41, 5.74) is 0.452. The second-order valence-corrected chi connectivity index (χ2v) is 6.61. The van der Waals surface area contributed by atoms with Crippen LogP contribution in [0.15, 0.2) is 30.3 Å². The number of hydrogen-bond donors (Lipinski definition) is 0. The molecule has 0 aromatic heterocycles. The molecule has 1 saturated heterocycles. The van der Waals surface area contributed by atoms with Gasteiger partial charge < -0.3 is 14.4 Å². The second kappa shape index (κ2) is 11.2. The highest BCUT2D eigenvalue weighted by molar-refractivity contribution is 5.85. The van der Waals surface area contributed by atoms with Crippen molar-refractivity contribution in [1.29, 1.82) is 0 Å². The van der Waals surface area contributed by atoms with Crippen molar-refractivity contribution in [2.45, 2.75) is 51.0 Å². The maximum Gasteiger partial charge on any atom is 0.307 e. The van der Waals surface area contributed by atoms with Gasteiger partial charge in [-0.3, -0.25) is 9.59 Å². The Morgan fingerprint density at radius 3 is 2.27 bits per heavy atom. The first-order valence-corrected chi connectivity index (χ1v) is 9.16. The van der Waals surface area contributed by atoms with Crippen LogP contribution in [0.1, 0.15) is 51.0 Å². The summed E-state index contributed by atoms with van der Waals surface area (Å²) in [5, 5.41) is 0. The molecule has 0 amide bonds. The molecule has 0 unspecified atom stereocenters. The third-order valence-corrected chi connectivity index (χ3v) is 4.86. The number of piperidine rings is 1. The van der Waals surface area contributed by atoms with Crippen LogP contribution in [-0.4, -0.2) is 43.6 Å². The summed E-state index contributed by atoms with van der Waals surface area (Å²) in [4.78, 5) is 26.0. The number of hydrogen-bond acceptors (Lipinski definition) is 5. The average Bonchev–Trinajstić information content (AvgIpc) is 2.66. The van der Waals surface area contributed by atoms with Crippen molar-refractivity contribution in [3.05, 3.63) is 35.9 Å². The zero-order valence-corrected chi connectivity index (χ0v) is 16.6. The molecule has 1 aromatic rings. The van der Waals surface area contributed by atoms with Crippen molar-refractivity contribution in [3.63, 3.8) is 0 Å². The monoisotopic (exact) mass is 383 g/mol. The minimum absolute atomic E-state index is 0. The summed E-state index contributed by atoms with van der Waals surface area (Å²) in [6.07, 6.45) is 4.05. The number of likely N-dealkylation sites (tertiary alicyclic amines) is 1. The number of methoxy groups -OCH3 is 1. The van der Waals surface area contributed by atoms with Gasteiger partial charge in [0, 0.05) is 25.9 Å². The van der Waals surface area contributed by atoms with E-state index in [4.69, 9.17) is 4.74 Å². The Kier molecular flexibility index (Phi) is 9.66. The van der Waals surface area contributed by atoms with E-state index in [2.05, 4.69) is 16.6 Å². The third-order valence-electron chi connectivity index (χ3n) is 4.86. The quantitative estimate of drug-likeness (QED) is 0.641. The van der Waals surface area contributed by atoms with E-state index in [1.54, 1.807) is 0 Å². The van der Waals surface area contributed by atoms with Crippen molar-refractivity contribution in [2.75, 3.05) is 26.7 Å². The van der Waals surface area contributed by atoms with Gasteiger partial charge in [-0.25, -0.2) is 0 Å². The van der Waals surface area contributed by atoms with E-state index in [0.717, 1.165) is 38.0 Å². The molecule has 0 spiro atoms. The van der Waals surface area contributed by atoms with Gasteiger partial charge in [0.25, 0.3) is 0 Å². The van der Waals surface area contributed by atoms with Crippen LogP contribution in [0.5, 0.6) is 0 Å². The van der Waals surface area contributed by atoms with Crippen LogP contribution in [0.25, 0.3) is 0 Å². The Bertz CT molecular complexity index is 556. The number of esters is 2. The van der Waals surface area contributed by atoms with E-state index in [0.29, 0.717) is 0 Å². The Labute approximate surface area is 162 Å². The molecule has 1 aliphatic heterocycles. The number of ether oxygens (including phenoxy) is 2. The van der Waals surface area contributed by atoms with E-state index in [1.165, 1.54) is 20.0 Å². The fourth-order valence-electron chi connectivity index (χ4n) is 3.29. The average molecular weight is 384 g/mol. The summed E-state index contributed by atoms with van der Waals surface area (Å²) < 4.78 is 10.5. The third kappa shape index (κ3) is 6.29. The lowest BCUT2D eigenvalue weighted by molar-refractivity contribution is -0.168. The zero-order valence-electron chi connectivity index (χ0n) is 15.7. The predicted octanol–water partition coefficient (Wildman–Crippen LogP) is 3.70. The molecule has 0 saturated carbocycles. The molecule has 1 fully saturated rings. The van der Waals surface area contributed by atoms with E-state index in [-0.39, 0.29) is 37.2 Å². The molecule has 0 aliphatic carbocycles. The Balaban J connectivity index is 0.00000338. The summed E-state index contributed by atoms with van der Waals surface area (Å²) >= 11 is 0. The lowest BCUT2D eigenvalue weighted by atomic mass is 9.84. The normalized spacial score (nSPS) is 16.4. The van der Waals surface area contributed by atoms with Crippen molar-refractivity contribution in [2.24, 2.45) is 0 Å².